The predicted molar refractivity (Wildman–Crippen MR) is 196 cm³/mol. The highest BCUT2D eigenvalue weighted by Gasteiger charge is 2.38. The predicted octanol–water partition coefficient (Wildman–Crippen LogP) is 4.02. The number of hydrogen-bond acceptors (Lipinski definition) is 12. The third-order valence-corrected chi connectivity index (χ3v) is 8.54. The minimum atomic E-state index is -1.87. The van der Waals surface area contributed by atoms with E-state index in [0.29, 0.717) is 27.8 Å². The van der Waals surface area contributed by atoms with Crippen LogP contribution in [0, 0.1) is 5.92 Å². The number of unbranched alkanes of at least 4 members (excludes halogenated alkanes) is 2. The quantitative estimate of drug-likeness (QED) is 0.0717. The highest BCUT2D eigenvalue weighted by molar-refractivity contribution is 6.31. The van der Waals surface area contributed by atoms with E-state index in [1.54, 1.807) is 48.5 Å². The number of H-pyrrole nitrogens is 2. The minimum absolute atomic E-state index is 0.0730. The van der Waals surface area contributed by atoms with Gasteiger partial charge in [-0.25, -0.2) is 9.59 Å². The highest BCUT2D eigenvalue weighted by atomic mass is 35.5. The molecule has 0 aliphatic carbocycles. The van der Waals surface area contributed by atoms with Gasteiger partial charge in [0.25, 0.3) is 34.6 Å². The van der Waals surface area contributed by atoms with E-state index in [-0.39, 0.29) is 29.9 Å². The Labute approximate surface area is 313 Å². The number of benzene rings is 2. The summed E-state index contributed by atoms with van der Waals surface area (Å²) in [5.41, 5.74) is -2.32. The Morgan fingerprint density at radius 2 is 1.13 bits per heavy atom. The molecule has 4 amide bonds. The third-order valence-electron chi connectivity index (χ3n) is 8.04. The molecule has 4 aromatic heterocycles. The fourth-order valence-corrected chi connectivity index (χ4v) is 5.50. The number of ketones is 2. The van der Waals surface area contributed by atoms with E-state index in [1.165, 1.54) is 6.92 Å². The molecule has 4 heterocycles. The molecule has 0 saturated heterocycles. The van der Waals surface area contributed by atoms with Gasteiger partial charge in [-0.05, 0) is 61.9 Å². The lowest BCUT2D eigenvalue weighted by molar-refractivity contribution is -0.132. The molecule has 54 heavy (non-hydrogen) atoms. The Hall–Kier alpha value is -6.54. The van der Waals surface area contributed by atoms with Crippen LogP contribution >= 0.6 is 23.2 Å². The Balaban J connectivity index is 1.39. The number of carbonyl (C=O) groups is 4. The number of urea groups is 2. The first-order chi connectivity index (χ1) is 25.9. The standard InChI is InChI=1S/C32H30Cl2N14O6/c1-3-4-5-6-20(49)15(2)24(50)21(22-25(51)37-27-41-43-29(47(27)45-22)39-31(53)35-18-11-7-16(33)8-12-18)23-26(52)38-28-42-44-30(48(28)46-23)40-32(54)36-19-13-9-17(34)10-14-19/h7-15,21H,3-6H2,1-2H3,(H,37,41,51)(H,38,42,52)(H2,35,39,43,53)(H2,36,40,44,54)/t15-/m1/s1. The van der Waals surface area contributed by atoms with Gasteiger partial charge >= 0.3 is 12.1 Å². The number of amides is 4. The normalized spacial score (nSPS) is 11.8. The Kier molecular flexibility index (Phi) is 11.0. The molecular formula is C32H30Cl2N14O6. The number of aromatic nitrogens is 10. The van der Waals surface area contributed by atoms with Crippen molar-refractivity contribution in [1.82, 2.24) is 49.6 Å². The zero-order chi connectivity index (χ0) is 38.5. The second kappa shape index (κ2) is 16.0. The molecule has 0 radical (unpaired) electrons. The summed E-state index contributed by atoms with van der Waals surface area (Å²) in [6.07, 6.45) is 2.17. The van der Waals surface area contributed by atoms with E-state index >= 15 is 0 Å². The van der Waals surface area contributed by atoms with E-state index in [9.17, 15) is 28.8 Å². The van der Waals surface area contributed by atoms with Crippen molar-refractivity contribution < 1.29 is 19.2 Å². The van der Waals surface area contributed by atoms with Gasteiger partial charge in [0, 0.05) is 27.8 Å². The topological polar surface area (TPSA) is 268 Å². The summed E-state index contributed by atoms with van der Waals surface area (Å²) in [6.45, 7) is 3.32. The highest BCUT2D eigenvalue weighted by Crippen LogP contribution is 2.24. The van der Waals surface area contributed by atoms with Crippen molar-refractivity contribution in [2.24, 2.45) is 5.92 Å². The molecule has 0 aliphatic rings. The Morgan fingerprint density at radius 3 is 1.56 bits per heavy atom. The van der Waals surface area contributed by atoms with Gasteiger partial charge in [-0.2, -0.15) is 19.2 Å². The monoisotopic (exact) mass is 776 g/mol. The van der Waals surface area contributed by atoms with Crippen LogP contribution in [-0.2, 0) is 9.59 Å². The van der Waals surface area contributed by atoms with Crippen molar-refractivity contribution >= 4 is 81.7 Å². The van der Waals surface area contributed by atoms with Crippen LogP contribution in [0.2, 0.25) is 10.0 Å². The van der Waals surface area contributed by atoms with Gasteiger partial charge in [0.15, 0.2) is 5.78 Å². The molecular weight excluding hydrogens is 747 g/mol. The van der Waals surface area contributed by atoms with Gasteiger partial charge in [0.05, 0.1) is 5.92 Å². The first-order valence-corrected chi connectivity index (χ1v) is 17.1. The molecule has 6 rings (SSSR count). The molecule has 22 heteroatoms. The first-order valence-electron chi connectivity index (χ1n) is 16.4. The molecule has 20 nitrogen and oxygen atoms in total. The zero-order valence-corrected chi connectivity index (χ0v) is 29.9. The maximum atomic E-state index is 14.3. The molecule has 0 aliphatic heterocycles. The molecule has 1 atom stereocenters. The van der Waals surface area contributed by atoms with Crippen LogP contribution in [0.25, 0.3) is 11.6 Å². The van der Waals surface area contributed by atoms with Gasteiger partial charge in [-0.3, -0.25) is 39.8 Å². The Bertz CT molecular complexity index is 2340. The summed E-state index contributed by atoms with van der Waals surface area (Å²) in [7, 11) is 0. The summed E-state index contributed by atoms with van der Waals surface area (Å²) in [6, 6.07) is 11.0. The molecule has 0 fully saturated rings. The van der Waals surface area contributed by atoms with Gasteiger partial charge in [0.2, 0.25) is 0 Å². The third kappa shape index (κ3) is 8.24. The van der Waals surface area contributed by atoms with E-state index in [1.807, 2.05) is 6.92 Å². The van der Waals surface area contributed by atoms with Crippen molar-refractivity contribution in [3.63, 3.8) is 0 Å². The van der Waals surface area contributed by atoms with Crippen LogP contribution in [-0.4, -0.2) is 73.2 Å². The van der Waals surface area contributed by atoms with Crippen molar-refractivity contribution in [3.8, 4) is 0 Å². The van der Waals surface area contributed by atoms with Crippen LogP contribution in [0.4, 0.5) is 32.9 Å². The summed E-state index contributed by atoms with van der Waals surface area (Å²) >= 11 is 11.8. The van der Waals surface area contributed by atoms with Crippen LogP contribution in [0.5, 0.6) is 0 Å². The molecule has 2 aromatic carbocycles. The number of hydrogen-bond donors (Lipinski definition) is 6. The second-order valence-corrected chi connectivity index (χ2v) is 12.7. The van der Waals surface area contributed by atoms with Crippen molar-refractivity contribution in [3.05, 3.63) is 90.7 Å². The minimum Gasteiger partial charge on any atom is -0.308 e. The summed E-state index contributed by atoms with van der Waals surface area (Å²) in [5, 5.41) is 35.0. The SMILES string of the molecule is CCCCCC(=O)[C@@H](C)C(=O)C(c1nn2c(NC(=O)Nc3ccc(Cl)cc3)nnc2[nH]c1=O)c1nn2c(NC(=O)Nc3ccc(Cl)cc3)nnc2[nH]c1=O. The summed E-state index contributed by atoms with van der Waals surface area (Å²) in [5.74, 6) is -5.50. The van der Waals surface area contributed by atoms with E-state index in [4.69, 9.17) is 23.2 Å². The molecule has 6 aromatic rings. The van der Waals surface area contributed by atoms with Gasteiger partial charge < -0.3 is 10.6 Å². The number of anilines is 4. The summed E-state index contributed by atoms with van der Waals surface area (Å²) in [4.78, 5) is 85.2. The van der Waals surface area contributed by atoms with Crippen LogP contribution in [0.15, 0.2) is 58.1 Å². The van der Waals surface area contributed by atoms with Gasteiger partial charge in [-0.15, -0.1) is 20.4 Å². The van der Waals surface area contributed by atoms with E-state index in [2.05, 4.69) is 61.8 Å². The van der Waals surface area contributed by atoms with Crippen molar-refractivity contribution in [1.29, 1.82) is 0 Å². The lowest BCUT2D eigenvalue weighted by Gasteiger charge is -2.18. The number of nitrogens with one attached hydrogen (secondary N) is 6. The molecule has 0 bridgehead atoms. The van der Waals surface area contributed by atoms with Crippen LogP contribution in [0.3, 0.4) is 0 Å². The fourth-order valence-electron chi connectivity index (χ4n) is 5.24. The number of nitrogens with zero attached hydrogens (tertiary/aromatic N) is 8. The van der Waals surface area contributed by atoms with Crippen molar-refractivity contribution in [2.75, 3.05) is 21.3 Å². The summed E-state index contributed by atoms with van der Waals surface area (Å²) < 4.78 is 1.87. The number of carbonyl (C=O) groups excluding carboxylic acids is 4. The van der Waals surface area contributed by atoms with E-state index in [0.717, 1.165) is 21.9 Å². The maximum Gasteiger partial charge on any atom is 0.326 e. The molecule has 278 valence electrons. The maximum absolute atomic E-state index is 14.3. The lowest BCUT2D eigenvalue weighted by Crippen LogP contribution is -2.37. The number of halogens is 2. The van der Waals surface area contributed by atoms with Crippen LogP contribution < -0.4 is 32.4 Å². The fraction of sp³-hybridized carbons (Fsp3) is 0.250. The van der Waals surface area contributed by atoms with Gasteiger partial charge in [-0.1, -0.05) is 43.0 Å². The average molecular weight is 778 g/mol. The van der Waals surface area contributed by atoms with E-state index < -0.39 is 58.0 Å². The number of Topliss-reactive ketones (excluding diaryl/α,β-unsaturated/α-hetero) is 2. The second-order valence-electron chi connectivity index (χ2n) is 11.8. The Morgan fingerprint density at radius 1 is 0.685 bits per heavy atom. The van der Waals surface area contributed by atoms with Gasteiger partial charge in [0.1, 0.15) is 23.1 Å². The first kappa shape index (κ1) is 37.2. The van der Waals surface area contributed by atoms with Crippen molar-refractivity contribution in [2.45, 2.75) is 45.4 Å². The number of rotatable bonds is 13. The average Bonchev–Trinajstić information content (AvgIpc) is 3.71. The zero-order valence-electron chi connectivity index (χ0n) is 28.4. The molecule has 0 spiro atoms. The van der Waals surface area contributed by atoms with Crippen LogP contribution in [0.1, 0.15) is 56.8 Å². The molecule has 0 unspecified atom stereocenters. The smallest absolute Gasteiger partial charge is 0.308 e. The molecule has 0 saturated carbocycles. The number of fused-ring (bicyclic) bond motifs is 2. The lowest BCUT2D eigenvalue weighted by atomic mass is 9.85. The largest absolute Gasteiger partial charge is 0.326 e. The number of aromatic amines is 2. The molecule has 6 N–H and O–H groups in total.